The number of benzene rings is 2. The van der Waals surface area contributed by atoms with E-state index in [0.717, 1.165) is 15.6 Å². The minimum atomic E-state index is 0.186. The maximum Gasteiger partial charge on any atom is 0.161 e. The number of nitrogens with two attached hydrogens (primary N) is 1. The van der Waals surface area contributed by atoms with E-state index in [4.69, 9.17) is 15.2 Å². The number of pyridine rings is 1. The number of methoxy groups -OCH3 is 2. The molecular formula is C20H16BrN3O2. The van der Waals surface area contributed by atoms with Crippen molar-refractivity contribution in [3.8, 4) is 40.0 Å². The van der Waals surface area contributed by atoms with Gasteiger partial charge in [-0.25, -0.2) is 4.98 Å². The van der Waals surface area contributed by atoms with Crippen molar-refractivity contribution in [2.24, 2.45) is 0 Å². The molecule has 0 spiro atoms. The monoisotopic (exact) mass is 409 g/mol. The molecule has 0 unspecified atom stereocenters. The highest BCUT2D eigenvalue weighted by Gasteiger charge is 2.16. The molecule has 0 amide bonds. The minimum Gasteiger partial charge on any atom is -0.493 e. The maximum atomic E-state index is 9.57. The molecule has 0 fully saturated rings. The molecule has 6 heteroatoms. The van der Waals surface area contributed by atoms with Gasteiger partial charge >= 0.3 is 0 Å². The summed E-state index contributed by atoms with van der Waals surface area (Å²) >= 11 is 3.53. The van der Waals surface area contributed by atoms with E-state index in [9.17, 15) is 5.26 Å². The molecule has 5 nitrogen and oxygen atoms in total. The number of nitrogen functional groups attached to an aromatic ring is 1. The van der Waals surface area contributed by atoms with Crippen LogP contribution in [0.15, 0.2) is 53.0 Å². The second kappa shape index (κ2) is 7.46. The molecule has 0 radical (unpaired) electrons. The Labute approximate surface area is 160 Å². The van der Waals surface area contributed by atoms with Crippen LogP contribution in [0.1, 0.15) is 5.56 Å². The Bertz CT molecular complexity index is 1010. The van der Waals surface area contributed by atoms with Crippen LogP contribution in [0.4, 0.5) is 5.82 Å². The van der Waals surface area contributed by atoms with Gasteiger partial charge in [-0.3, -0.25) is 0 Å². The van der Waals surface area contributed by atoms with Crippen molar-refractivity contribution in [3.05, 3.63) is 58.6 Å². The average molecular weight is 410 g/mol. The second-order valence-corrected chi connectivity index (χ2v) is 6.33. The number of anilines is 1. The van der Waals surface area contributed by atoms with E-state index in [2.05, 4.69) is 27.0 Å². The number of hydrogen-bond donors (Lipinski definition) is 1. The van der Waals surface area contributed by atoms with E-state index in [1.165, 1.54) is 0 Å². The number of rotatable bonds is 4. The smallest absolute Gasteiger partial charge is 0.161 e. The summed E-state index contributed by atoms with van der Waals surface area (Å²) in [5, 5.41) is 9.57. The third-order valence-electron chi connectivity index (χ3n) is 4.00. The zero-order valence-corrected chi connectivity index (χ0v) is 15.9. The van der Waals surface area contributed by atoms with E-state index in [0.29, 0.717) is 28.3 Å². The first kappa shape index (κ1) is 17.8. The zero-order chi connectivity index (χ0) is 18.7. The fraction of sp³-hybridized carbons (Fsp3) is 0.100. The summed E-state index contributed by atoms with van der Waals surface area (Å²) in [5.41, 5.74) is 9.46. The number of halogens is 1. The van der Waals surface area contributed by atoms with Crippen LogP contribution in [0, 0.1) is 11.3 Å². The van der Waals surface area contributed by atoms with Crippen molar-refractivity contribution < 1.29 is 9.47 Å². The Balaban J connectivity index is 2.24. The molecule has 0 aliphatic rings. The van der Waals surface area contributed by atoms with Crippen LogP contribution in [0.5, 0.6) is 11.5 Å². The van der Waals surface area contributed by atoms with Gasteiger partial charge in [0.15, 0.2) is 11.5 Å². The first-order valence-electron chi connectivity index (χ1n) is 7.77. The quantitative estimate of drug-likeness (QED) is 0.677. The molecule has 1 heterocycles. The standard InChI is InChI=1S/C20H16BrN3O2/c1-25-18-8-7-12(9-19(18)26-2)14-10-17(24-20(23)15(14)11-22)13-5-3-4-6-16(13)21/h3-10H,1-2H3,(H2,23,24). The van der Waals surface area contributed by atoms with Gasteiger partial charge in [0.05, 0.1) is 19.9 Å². The third kappa shape index (κ3) is 3.22. The van der Waals surface area contributed by atoms with Crippen LogP contribution in [0.2, 0.25) is 0 Å². The zero-order valence-electron chi connectivity index (χ0n) is 14.3. The molecule has 0 saturated heterocycles. The lowest BCUT2D eigenvalue weighted by Gasteiger charge is -2.13. The second-order valence-electron chi connectivity index (χ2n) is 5.48. The first-order chi connectivity index (χ1) is 12.6. The van der Waals surface area contributed by atoms with Gasteiger partial charge in [-0.05, 0) is 29.8 Å². The average Bonchev–Trinajstić information content (AvgIpc) is 2.67. The first-order valence-corrected chi connectivity index (χ1v) is 8.56. The van der Waals surface area contributed by atoms with Gasteiger partial charge < -0.3 is 15.2 Å². The molecule has 0 atom stereocenters. The highest BCUT2D eigenvalue weighted by Crippen LogP contribution is 2.37. The summed E-state index contributed by atoms with van der Waals surface area (Å²) in [5.74, 6) is 1.38. The summed E-state index contributed by atoms with van der Waals surface area (Å²) in [4.78, 5) is 4.41. The lowest BCUT2D eigenvalue weighted by atomic mass is 9.98. The Morgan fingerprint density at radius 1 is 1.00 bits per heavy atom. The Hall–Kier alpha value is -3.04. The predicted molar refractivity (Wildman–Crippen MR) is 105 cm³/mol. The molecule has 3 rings (SSSR count). The van der Waals surface area contributed by atoms with Gasteiger partial charge in [0.1, 0.15) is 17.5 Å². The SMILES string of the molecule is COc1ccc(-c2cc(-c3ccccc3Br)nc(N)c2C#N)cc1OC. The highest BCUT2D eigenvalue weighted by molar-refractivity contribution is 9.10. The molecule has 130 valence electrons. The number of nitriles is 1. The van der Waals surface area contributed by atoms with Crippen LogP contribution >= 0.6 is 15.9 Å². The summed E-state index contributed by atoms with van der Waals surface area (Å²) in [6.45, 7) is 0. The highest BCUT2D eigenvalue weighted by atomic mass is 79.9. The maximum absolute atomic E-state index is 9.57. The van der Waals surface area contributed by atoms with Gasteiger partial charge in [0.2, 0.25) is 0 Å². The van der Waals surface area contributed by atoms with E-state index in [1.807, 2.05) is 42.5 Å². The molecule has 1 aromatic heterocycles. The fourth-order valence-electron chi connectivity index (χ4n) is 2.72. The van der Waals surface area contributed by atoms with Crippen LogP contribution in [0.25, 0.3) is 22.4 Å². The third-order valence-corrected chi connectivity index (χ3v) is 4.70. The number of aromatic nitrogens is 1. The van der Waals surface area contributed by atoms with Crippen LogP contribution in [0.3, 0.4) is 0 Å². The van der Waals surface area contributed by atoms with Gasteiger partial charge in [-0.2, -0.15) is 5.26 Å². The molecule has 0 bridgehead atoms. The lowest BCUT2D eigenvalue weighted by molar-refractivity contribution is 0.355. The molecular weight excluding hydrogens is 394 g/mol. The molecule has 3 aromatic rings. The van der Waals surface area contributed by atoms with Gasteiger partial charge in [-0.15, -0.1) is 0 Å². The number of hydrogen-bond acceptors (Lipinski definition) is 5. The fourth-order valence-corrected chi connectivity index (χ4v) is 3.21. The van der Waals surface area contributed by atoms with Gasteiger partial charge in [0, 0.05) is 15.6 Å². The van der Waals surface area contributed by atoms with Crippen LogP contribution in [-0.4, -0.2) is 19.2 Å². The molecule has 2 N–H and O–H groups in total. The summed E-state index contributed by atoms with van der Waals surface area (Å²) in [6.07, 6.45) is 0. The van der Waals surface area contributed by atoms with Crippen molar-refractivity contribution >= 4 is 21.7 Å². The van der Waals surface area contributed by atoms with Gasteiger partial charge in [0.25, 0.3) is 0 Å². The van der Waals surface area contributed by atoms with Crippen molar-refractivity contribution in [2.45, 2.75) is 0 Å². The Morgan fingerprint density at radius 3 is 2.38 bits per heavy atom. The van der Waals surface area contributed by atoms with Crippen LogP contribution in [-0.2, 0) is 0 Å². The summed E-state index contributed by atoms with van der Waals surface area (Å²) < 4.78 is 11.6. The van der Waals surface area contributed by atoms with Crippen LogP contribution < -0.4 is 15.2 Å². The Morgan fingerprint density at radius 2 is 1.73 bits per heavy atom. The molecule has 0 aliphatic heterocycles. The van der Waals surface area contributed by atoms with Crippen molar-refractivity contribution in [2.75, 3.05) is 20.0 Å². The van der Waals surface area contributed by atoms with Crippen molar-refractivity contribution in [3.63, 3.8) is 0 Å². The lowest BCUT2D eigenvalue weighted by Crippen LogP contribution is -2.00. The number of nitrogens with zero attached hydrogens (tertiary/aromatic N) is 2. The minimum absolute atomic E-state index is 0.186. The molecule has 26 heavy (non-hydrogen) atoms. The predicted octanol–water partition coefficient (Wildman–Crippen LogP) is 4.65. The van der Waals surface area contributed by atoms with Crippen molar-refractivity contribution in [1.82, 2.24) is 4.98 Å². The number of ether oxygens (including phenoxy) is 2. The van der Waals surface area contributed by atoms with Gasteiger partial charge in [-0.1, -0.05) is 40.2 Å². The molecule has 2 aromatic carbocycles. The summed E-state index contributed by atoms with van der Waals surface area (Å²) in [6, 6.07) is 17.2. The summed E-state index contributed by atoms with van der Waals surface area (Å²) in [7, 11) is 3.15. The molecule has 0 saturated carbocycles. The van der Waals surface area contributed by atoms with E-state index in [1.54, 1.807) is 20.3 Å². The normalized spacial score (nSPS) is 10.2. The topological polar surface area (TPSA) is 81.2 Å². The Kier molecular flexibility index (Phi) is 5.10. The van der Waals surface area contributed by atoms with Crippen molar-refractivity contribution in [1.29, 1.82) is 5.26 Å². The van der Waals surface area contributed by atoms with E-state index >= 15 is 0 Å². The molecule has 0 aliphatic carbocycles. The largest absolute Gasteiger partial charge is 0.493 e. The van der Waals surface area contributed by atoms with E-state index < -0.39 is 0 Å². The van der Waals surface area contributed by atoms with E-state index in [-0.39, 0.29) is 5.82 Å².